The Morgan fingerprint density at radius 1 is 1.36 bits per heavy atom. The Kier molecular flexibility index (Phi) is 5.58. The van der Waals surface area contributed by atoms with Crippen molar-refractivity contribution in [3.05, 3.63) is 29.8 Å². The average molecular weight is 338 g/mol. The molecule has 0 spiro atoms. The predicted octanol–water partition coefficient (Wildman–Crippen LogP) is 1.15. The number of sulfonamides is 1. The molecule has 0 saturated heterocycles. The van der Waals surface area contributed by atoms with Gasteiger partial charge < -0.3 is 9.90 Å². The van der Waals surface area contributed by atoms with Crippen LogP contribution in [0.25, 0.3) is 0 Å². The van der Waals surface area contributed by atoms with E-state index in [0.717, 1.165) is 18.2 Å². The van der Waals surface area contributed by atoms with E-state index in [4.69, 9.17) is 0 Å². The van der Waals surface area contributed by atoms with E-state index in [9.17, 15) is 31.5 Å². The Morgan fingerprint density at radius 2 is 1.95 bits per heavy atom. The third-order valence-electron chi connectivity index (χ3n) is 3.22. The number of halogens is 3. The van der Waals surface area contributed by atoms with Gasteiger partial charge in [-0.25, -0.2) is 13.1 Å². The van der Waals surface area contributed by atoms with Crippen LogP contribution in [0.5, 0.6) is 0 Å². The summed E-state index contributed by atoms with van der Waals surface area (Å²) in [7, 11) is -4.41. The number of hydrogen-bond acceptors (Lipinski definition) is 4. The summed E-state index contributed by atoms with van der Waals surface area (Å²) >= 11 is 0. The average Bonchev–Trinajstić information content (AvgIpc) is 2.43. The first-order chi connectivity index (χ1) is 9.99. The molecular weight excluding hydrogens is 323 g/mol. The van der Waals surface area contributed by atoms with Crippen LogP contribution in [-0.2, 0) is 21.0 Å². The molecule has 0 saturated carbocycles. The van der Waals surface area contributed by atoms with Crippen molar-refractivity contribution in [3.63, 3.8) is 0 Å². The van der Waals surface area contributed by atoms with Gasteiger partial charge in [-0.05, 0) is 24.1 Å². The van der Waals surface area contributed by atoms with Gasteiger partial charge in [-0.2, -0.15) is 13.2 Å². The van der Waals surface area contributed by atoms with E-state index in [2.05, 4.69) is 0 Å². The molecule has 1 aromatic rings. The predicted molar refractivity (Wildman–Crippen MR) is 70.0 cm³/mol. The minimum Gasteiger partial charge on any atom is -0.548 e. The largest absolute Gasteiger partial charge is 0.548 e. The highest BCUT2D eigenvalue weighted by Crippen LogP contribution is 2.30. The molecule has 0 aromatic heterocycles. The van der Waals surface area contributed by atoms with Crippen LogP contribution in [0, 0.1) is 5.92 Å². The lowest BCUT2D eigenvalue weighted by atomic mass is 10.0. The molecular formula is C13H15F3NO4S-. The normalized spacial score (nSPS) is 15.3. The van der Waals surface area contributed by atoms with Crippen molar-refractivity contribution in [1.82, 2.24) is 4.72 Å². The second-order valence-electron chi connectivity index (χ2n) is 4.83. The van der Waals surface area contributed by atoms with Gasteiger partial charge in [-0.3, -0.25) is 0 Å². The molecule has 0 heterocycles. The monoisotopic (exact) mass is 338 g/mol. The number of benzene rings is 1. The molecule has 0 aliphatic rings. The Morgan fingerprint density at radius 3 is 2.41 bits per heavy atom. The van der Waals surface area contributed by atoms with Gasteiger partial charge in [0.1, 0.15) is 0 Å². The lowest BCUT2D eigenvalue weighted by molar-refractivity contribution is -0.309. The van der Waals surface area contributed by atoms with Crippen molar-refractivity contribution < 1.29 is 31.5 Å². The molecule has 0 aliphatic heterocycles. The summed E-state index contributed by atoms with van der Waals surface area (Å²) in [6.45, 7) is 3.15. The second-order valence-corrected chi connectivity index (χ2v) is 6.54. The first kappa shape index (κ1) is 18.4. The maximum Gasteiger partial charge on any atom is 0.416 e. The number of rotatable bonds is 6. The molecule has 1 aromatic carbocycles. The zero-order valence-electron chi connectivity index (χ0n) is 11.8. The maximum atomic E-state index is 12.6. The van der Waals surface area contributed by atoms with E-state index in [1.807, 2.05) is 4.72 Å². The zero-order valence-corrected chi connectivity index (χ0v) is 12.7. The van der Waals surface area contributed by atoms with E-state index in [1.54, 1.807) is 6.92 Å². The van der Waals surface area contributed by atoms with Crippen molar-refractivity contribution in [2.24, 2.45) is 5.92 Å². The number of carboxylic acids is 1. The number of hydrogen-bond donors (Lipinski definition) is 1. The molecule has 1 N–H and O–H groups in total. The lowest BCUT2D eigenvalue weighted by Gasteiger charge is -2.25. The molecule has 1 rings (SSSR count). The number of aliphatic carboxylic acids is 1. The maximum absolute atomic E-state index is 12.6. The molecule has 124 valence electrons. The smallest absolute Gasteiger partial charge is 0.416 e. The Hall–Kier alpha value is -1.61. The number of carbonyl (C=O) groups excluding carboxylic acids is 1. The van der Waals surface area contributed by atoms with Crippen LogP contribution in [0.4, 0.5) is 13.2 Å². The van der Waals surface area contributed by atoms with Crippen LogP contribution in [0.1, 0.15) is 25.8 Å². The standard InChI is InChI=1S/C13H16F3NO4S/c1-3-8(2)11(12(18)19)17-22(20,21)10-6-4-5-9(7-10)13(14,15)16/h4-8,11,17H,3H2,1-2H3,(H,18,19)/p-1/t8-,11-/m1/s1. The molecule has 0 amide bonds. The molecule has 0 aliphatic carbocycles. The number of carbonyl (C=O) groups is 1. The second kappa shape index (κ2) is 6.66. The van der Waals surface area contributed by atoms with Crippen LogP contribution >= 0.6 is 0 Å². The first-order valence-electron chi connectivity index (χ1n) is 6.39. The highest BCUT2D eigenvalue weighted by Gasteiger charge is 2.32. The molecule has 2 atom stereocenters. The van der Waals surface area contributed by atoms with Crippen LogP contribution in [-0.4, -0.2) is 20.4 Å². The number of carboxylic acid groups (broad SMARTS) is 1. The van der Waals surface area contributed by atoms with Gasteiger partial charge in [0.2, 0.25) is 10.0 Å². The van der Waals surface area contributed by atoms with Gasteiger partial charge in [-0.15, -0.1) is 0 Å². The van der Waals surface area contributed by atoms with Gasteiger partial charge in [0, 0.05) is 0 Å². The first-order valence-corrected chi connectivity index (χ1v) is 7.87. The van der Waals surface area contributed by atoms with E-state index in [1.165, 1.54) is 6.92 Å². The Balaban J connectivity index is 3.16. The molecule has 5 nitrogen and oxygen atoms in total. The van der Waals surface area contributed by atoms with Crippen molar-refractivity contribution >= 4 is 16.0 Å². The quantitative estimate of drug-likeness (QED) is 0.843. The lowest BCUT2D eigenvalue weighted by Crippen LogP contribution is -2.51. The molecule has 0 bridgehead atoms. The number of alkyl halides is 3. The van der Waals surface area contributed by atoms with Gasteiger partial charge in [0.05, 0.1) is 22.5 Å². The minimum atomic E-state index is -4.70. The molecule has 0 radical (unpaired) electrons. The van der Waals surface area contributed by atoms with E-state index in [-0.39, 0.29) is 0 Å². The van der Waals surface area contributed by atoms with Crippen LogP contribution in [0.15, 0.2) is 29.2 Å². The van der Waals surface area contributed by atoms with Crippen LogP contribution in [0.2, 0.25) is 0 Å². The van der Waals surface area contributed by atoms with Crippen LogP contribution in [0.3, 0.4) is 0 Å². The summed E-state index contributed by atoms with van der Waals surface area (Å²) in [4.78, 5) is 10.4. The summed E-state index contributed by atoms with van der Waals surface area (Å²) in [5.41, 5.74) is -1.14. The molecule has 0 fully saturated rings. The third kappa shape index (κ3) is 4.44. The van der Waals surface area contributed by atoms with Crippen molar-refractivity contribution in [2.45, 2.75) is 37.4 Å². The Labute approximate surface area is 126 Å². The van der Waals surface area contributed by atoms with Crippen molar-refractivity contribution in [1.29, 1.82) is 0 Å². The van der Waals surface area contributed by atoms with E-state index in [0.29, 0.717) is 12.5 Å². The van der Waals surface area contributed by atoms with E-state index >= 15 is 0 Å². The molecule has 9 heteroatoms. The minimum absolute atomic E-state index is 0.351. The Bertz CT molecular complexity index is 643. The summed E-state index contributed by atoms with van der Waals surface area (Å²) < 4.78 is 63.9. The SMILES string of the molecule is CC[C@@H](C)[C@@H](NS(=O)(=O)c1cccc(C(F)(F)F)c1)C(=O)[O-]. The fourth-order valence-electron chi connectivity index (χ4n) is 1.71. The summed E-state index contributed by atoms with van der Waals surface area (Å²) in [5.74, 6) is -2.21. The van der Waals surface area contributed by atoms with Crippen molar-refractivity contribution in [3.8, 4) is 0 Å². The molecule has 22 heavy (non-hydrogen) atoms. The van der Waals surface area contributed by atoms with Gasteiger partial charge in [0.15, 0.2) is 0 Å². The van der Waals surface area contributed by atoms with Crippen LogP contribution < -0.4 is 9.83 Å². The van der Waals surface area contributed by atoms with E-state index < -0.39 is 44.6 Å². The summed E-state index contributed by atoms with van der Waals surface area (Å²) in [5, 5.41) is 11.0. The van der Waals surface area contributed by atoms with Gasteiger partial charge in [-0.1, -0.05) is 26.3 Å². The van der Waals surface area contributed by atoms with Crippen molar-refractivity contribution in [2.75, 3.05) is 0 Å². The fourth-order valence-corrected chi connectivity index (χ4v) is 3.05. The topological polar surface area (TPSA) is 86.3 Å². The highest BCUT2D eigenvalue weighted by atomic mass is 32.2. The summed E-state index contributed by atoms with van der Waals surface area (Å²) in [6.07, 6.45) is -4.35. The number of nitrogens with one attached hydrogen (secondary N) is 1. The van der Waals surface area contributed by atoms with Gasteiger partial charge in [0.25, 0.3) is 0 Å². The summed E-state index contributed by atoms with van der Waals surface area (Å²) in [6, 6.07) is 1.55. The molecule has 0 unspecified atom stereocenters. The zero-order chi connectivity index (χ0) is 17.1. The van der Waals surface area contributed by atoms with Gasteiger partial charge >= 0.3 is 6.18 Å². The third-order valence-corrected chi connectivity index (χ3v) is 4.66. The fraction of sp³-hybridized carbons (Fsp3) is 0.462. The highest BCUT2D eigenvalue weighted by molar-refractivity contribution is 7.89.